The van der Waals surface area contributed by atoms with Gasteiger partial charge in [0.05, 0.1) is 0 Å². The molecule has 3 nitrogen and oxygen atoms in total. The van der Waals surface area contributed by atoms with Crippen LogP contribution in [0.25, 0.3) is 0 Å². The highest BCUT2D eigenvalue weighted by Crippen LogP contribution is 2.37. The van der Waals surface area contributed by atoms with Gasteiger partial charge in [-0.3, -0.25) is 4.79 Å². The molecule has 0 aromatic heterocycles. The van der Waals surface area contributed by atoms with E-state index in [4.69, 9.17) is 0 Å². The number of hydrogen-bond donors (Lipinski definition) is 2. The standard InChI is InChI=1S/C19H20FNO2/c20-16-8-4-7-14(10-16)15-11-17(12-15)21-18(19(22)23)9-13-5-2-1-3-6-13/h1-8,10,15,17-18,21H,9,11-12H2,(H,22,23)/t15?,17?,18-/m1/s1. The molecule has 2 aromatic rings. The highest BCUT2D eigenvalue weighted by molar-refractivity contribution is 5.74. The zero-order chi connectivity index (χ0) is 16.2. The predicted octanol–water partition coefficient (Wildman–Crippen LogP) is 3.36. The number of rotatable bonds is 6. The lowest BCUT2D eigenvalue weighted by Crippen LogP contribution is -2.49. The first kappa shape index (κ1) is 15.7. The summed E-state index contributed by atoms with van der Waals surface area (Å²) in [6.07, 6.45) is 2.17. The van der Waals surface area contributed by atoms with Crippen LogP contribution in [-0.2, 0) is 11.2 Å². The summed E-state index contributed by atoms with van der Waals surface area (Å²) in [7, 11) is 0. The zero-order valence-electron chi connectivity index (χ0n) is 12.8. The lowest BCUT2D eigenvalue weighted by Gasteiger charge is -2.38. The molecule has 0 bridgehead atoms. The van der Waals surface area contributed by atoms with Crippen molar-refractivity contribution in [2.75, 3.05) is 0 Å². The van der Waals surface area contributed by atoms with E-state index >= 15 is 0 Å². The fourth-order valence-electron chi connectivity index (χ4n) is 3.14. The van der Waals surface area contributed by atoms with Crippen molar-refractivity contribution in [1.29, 1.82) is 0 Å². The van der Waals surface area contributed by atoms with Gasteiger partial charge >= 0.3 is 5.97 Å². The van der Waals surface area contributed by atoms with E-state index in [1.807, 2.05) is 36.4 Å². The van der Waals surface area contributed by atoms with Gasteiger partial charge in [0, 0.05) is 6.04 Å². The number of carboxylic acids is 1. The van der Waals surface area contributed by atoms with Crippen LogP contribution in [0.4, 0.5) is 4.39 Å². The summed E-state index contributed by atoms with van der Waals surface area (Å²) in [5, 5.41) is 12.6. The summed E-state index contributed by atoms with van der Waals surface area (Å²) in [5.74, 6) is -0.733. The van der Waals surface area contributed by atoms with Crippen molar-refractivity contribution < 1.29 is 14.3 Å². The molecular weight excluding hydrogens is 293 g/mol. The van der Waals surface area contributed by atoms with Crippen LogP contribution < -0.4 is 5.32 Å². The van der Waals surface area contributed by atoms with Crippen molar-refractivity contribution in [1.82, 2.24) is 5.32 Å². The molecule has 2 aromatic carbocycles. The Hall–Kier alpha value is -2.20. The molecular formula is C19H20FNO2. The van der Waals surface area contributed by atoms with E-state index in [2.05, 4.69) is 5.32 Å². The number of hydrogen-bond acceptors (Lipinski definition) is 2. The molecule has 23 heavy (non-hydrogen) atoms. The van der Waals surface area contributed by atoms with Gasteiger partial charge in [-0.15, -0.1) is 0 Å². The summed E-state index contributed by atoms with van der Waals surface area (Å²) in [6.45, 7) is 0. The van der Waals surface area contributed by atoms with Gasteiger partial charge in [0.25, 0.3) is 0 Å². The van der Waals surface area contributed by atoms with Gasteiger partial charge in [-0.05, 0) is 48.4 Å². The number of aliphatic carboxylic acids is 1. The highest BCUT2D eigenvalue weighted by Gasteiger charge is 2.33. The second-order valence-electron chi connectivity index (χ2n) is 6.17. The Bertz CT molecular complexity index is 668. The van der Waals surface area contributed by atoms with Crippen LogP contribution in [-0.4, -0.2) is 23.2 Å². The third-order valence-electron chi connectivity index (χ3n) is 4.48. The second kappa shape index (κ2) is 6.92. The first-order valence-corrected chi connectivity index (χ1v) is 7.90. The Labute approximate surface area is 135 Å². The van der Waals surface area contributed by atoms with Crippen LogP contribution in [0.15, 0.2) is 54.6 Å². The van der Waals surface area contributed by atoms with Crippen LogP contribution in [0.1, 0.15) is 29.9 Å². The molecule has 0 amide bonds. The van der Waals surface area contributed by atoms with Gasteiger partial charge in [-0.2, -0.15) is 0 Å². The van der Waals surface area contributed by atoms with Gasteiger partial charge < -0.3 is 10.4 Å². The summed E-state index contributed by atoms with van der Waals surface area (Å²) in [4.78, 5) is 11.5. The molecule has 0 heterocycles. The molecule has 1 aliphatic carbocycles. The van der Waals surface area contributed by atoms with Crippen molar-refractivity contribution in [3.63, 3.8) is 0 Å². The minimum atomic E-state index is -0.831. The van der Waals surface area contributed by atoms with E-state index in [1.165, 1.54) is 6.07 Å². The number of benzene rings is 2. The van der Waals surface area contributed by atoms with Crippen molar-refractivity contribution in [2.24, 2.45) is 0 Å². The Morgan fingerprint density at radius 2 is 1.91 bits per heavy atom. The molecule has 0 aliphatic heterocycles. The summed E-state index contributed by atoms with van der Waals surface area (Å²) < 4.78 is 13.2. The van der Waals surface area contributed by atoms with Crippen molar-refractivity contribution >= 4 is 5.97 Å². The average molecular weight is 313 g/mol. The highest BCUT2D eigenvalue weighted by atomic mass is 19.1. The Balaban J connectivity index is 1.55. The number of carboxylic acid groups (broad SMARTS) is 1. The molecule has 0 radical (unpaired) electrons. The Kier molecular flexibility index (Phi) is 4.72. The minimum Gasteiger partial charge on any atom is -0.480 e. The fraction of sp³-hybridized carbons (Fsp3) is 0.316. The SMILES string of the molecule is O=C(O)[C@@H](Cc1ccccc1)NC1CC(c2cccc(F)c2)C1. The van der Waals surface area contributed by atoms with E-state index in [9.17, 15) is 14.3 Å². The van der Waals surface area contributed by atoms with Crippen LogP contribution in [0, 0.1) is 5.82 Å². The molecule has 0 saturated heterocycles. The number of carbonyl (C=O) groups is 1. The predicted molar refractivity (Wildman–Crippen MR) is 86.9 cm³/mol. The van der Waals surface area contributed by atoms with Crippen molar-refractivity contribution in [3.8, 4) is 0 Å². The van der Waals surface area contributed by atoms with E-state index in [-0.39, 0.29) is 11.9 Å². The maximum absolute atomic E-state index is 13.2. The van der Waals surface area contributed by atoms with Gasteiger partial charge in [0.15, 0.2) is 0 Å². The molecule has 1 aliphatic rings. The molecule has 0 unspecified atom stereocenters. The van der Waals surface area contributed by atoms with Crippen molar-refractivity contribution in [3.05, 3.63) is 71.5 Å². The number of nitrogens with one attached hydrogen (secondary N) is 1. The van der Waals surface area contributed by atoms with Crippen LogP contribution in [0.5, 0.6) is 0 Å². The van der Waals surface area contributed by atoms with E-state index in [0.29, 0.717) is 12.3 Å². The molecule has 1 fully saturated rings. The summed E-state index contributed by atoms with van der Waals surface area (Å²) in [6, 6.07) is 15.9. The minimum absolute atomic E-state index is 0.174. The van der Waals surface area contributed by atoms with Crippen LogP contribution in [0.3, 0.4) is 0 Å². The van der Waals surface area contributed by atoms with Gasteiger partial charge in [0.1, 0.15) is 11.9 Å². The molecule has 0 spiro atoms. The average Bonchev–Trinajstić information content (AvgIpc) is 2.50. The third kappa shape index (κ3) is 3.96. The third-order valence-corrected chi connectivity index (χ3v) is 4.48. The lowest BCUT2D eigenvalue weighted by molar-refractivity contribution is -0.139. The largest absolute Gasteiger partial charge is 0.480 e. The van der Waals surface area contributed by atoms with Gasteiger partial charge in [0.2, 0.25) is 0 Å². The van der Waals surface area contributed by atoms with Crippen LogP contribution >= 0.6 is 0 Å². The van der Waals surface area contributed by atoms with Crippen LogP contribution in [0.2, 0.25) is 0 Å². The summed E-state index contributed by atoms with van der Waals surface area (Å²) >= 11 is 0. The van der Waals surface area contributed by atoms with E-state index in [1.54, 1.807) is 12.1 Å². The van der Waals surface area contributed by atoms with E-state index < -0.39 is 12.0 Å². The summed E-state index contributed by atoms with van der Waals surface area (Å²) in [5.41, 5.74) is 2.01. The molecule has 1 saturated carbocycles. The van der Waals surface area contributed by atoms with Crippen molar-refractivity contribution in [2.45, 2.75) is 37.3 Å². The first-order valence-electron chi connectivity index (χ1n) is 7.90. The normalized spacial score (nSPS) is 21.4. The van der Waals surface area contributed by atoms with E-state index in [0.717, 1.165) is 24.0 Å². The fourth-order valence-corrected chi connectivity index (χ4v) is 3.14. The maximum Gasteiger partial charge on any atom is 0.321 e. The monoisotopic (exact) mass is 313 g/mol. The Morgan fingerprint density at radius 1 is 1.17 bits per heavy atom. The molecule has 3 rings (SSSR count). The molecule has 1 atom stereocenters. The smallest absolute Gasteiger partial charge is 0.321 e. The molecule has 4 heteroatoms. The molecule has 120 valence electrons. The number of halogens is 1. The zero-order valence-corrected chi connectivity index (χ0v) is 12.8. The second-order valence-corrected chi connectivity index (χ2v) is 6.17. The lowest BCUT2D eigenvalue weighted by atomic mass is 9.75. The van der Waals surface area contributed by atoms with Gasteiger partial charge in [-0.25, -0.2) is 4.39 Å². The Morgan fingerprint density at radius 3 is 2.57 bits per heavy atom. The first-order chi connectivity index (χ1) is 11.1. The topological polar surface area (TPSA) is 49.3 Å². The van der Waals surface area contributed by atoms with Gasteiger partial charge in [-0.1, -0.05) is 42.5 Å². The molecule has 2 N–H and O–H groups in total. The maximum atomic E-state index is 13.2. The quantitative estimate of drug-likeness (QED) is 0.860.